The van der Waals surface area contributed by atoms with Crippen molar-refractivity contribution >= 4 is 0 Å². The quantitative estimate of drug-likeness (QED) is 0.709. The van der Waals surface area contributed by atoms with E-state index in [9.17, 15) is 0 Å². The van der Waals surface area contributed by atoms with Crippen molar-refractivity contribution in [1.82, 2.24) is 10.2 Å². The smallest absolute Gasteiger partial charge is 0.119 e. The number of ether oxygens (including phenoxy) is 1. The van der Waals surface area contributed by atoms with Gasteiger partial charge in [-0.3, -0.25) is 0 Å². The van der Waals surface area contributed by atoms with Gasteiger partial charge >= 0.3 is 0 Å². The molecule has 0 spiro atoms. The van der Waals surface area contributed by atoms with Gasteiger partial charge in [-0.15, -0.1) is 0 Å². The van der Waals surface area contributed by atoms with E-state index in [0.29, 0.717) is 12.1 Å². The molecule has 3 heteroatoms. The van der Waals surface area contributed by atoms with Crippen LogP contribution in [-0.4, -0.2) is 38.7 Å². The Morgan fingerprint density at radius 3 is 2.33 bits per heavy atom. The van der Waals surface area contributed by atoms with E-state index in [2.05, 4.69) is 56.4 Å². The van der Waals surface area contributed by atoms with Crippen molar-refractivity contribution in [1.29, 1.82) is 0 Å². The lowest BCUT2D eigenvalue weighted by atomic mass is 10.0. The fourth-order valence-corrected chi connectivity index (χ4v) is 2.77. The first-order valence-electron chi connectivity index (χ1n) is 8.16. The largest absolute Gasteiger partial charge is 0.497 e. The van der Waals surface area contributed by atoms with Crippen LogP contribution in [0.3, 0.4) is 0 Å². The molecule has 0 amide bonds. The highest BCUT2D eigenvalue weighted by atomic mass is 16.5. The average molecular weight is 292 g/mol. The summed E-state index contributed by atoms with van der Waals surface area (Å²) < 4.78 is 5.35. The van der Waals surface area contributed by atoms with Gasteiger partial charge in [-0.05, 0) is 44.6 Å². The molecule has 0 heterocycles. The molecular formula is C18H32N2O. The molecule has 1 N–H and O–H groups in total. The molecule has 0 saturated heterocycles. The van der Waals surface area contributed by atoms with Crippen LogP contribution in [0, 0.1) is 0 Å². The Labute approximate surface area is 130 Å². The summed E-state index contributed by atoms with van der Waals surface area (Å²) in [5.74, 6) is 0.929. The molecule has 0 aliphatic rings. The molecule has 120 valence electrons. The van der Waals surface area contributed by atoms with Crippen LogP contribution < -0.4 is 10.1 Å². The molecule has 0 saturated carbocycles. The van der Waals surface area contributed by atoms with Crippen LogP contribution in [0.2, 0.25) is 0 Å². The van der Waals surface area contributed by atoms with E-state index in [4.69, 9.17) is 4.74 Å². The SMILES string of the molecule is CCCC(CCC)NCC(c1cccc(OC)c1)N(C)C. The number of hydrogen-bond acceptors (Lipinski definition) is 3. The highest BCUT2D eigenvalue weighted by molar-refractivity contribution is 5.30. The standard InChI is InChI=1S/C18H32N2O/c1-6-9-16(10-7-2)19-14-18(20(3)4)15-11-8-12-17(13-15)21-5/h8,11-13,16,18-19H,6-7,9-10,14H2,1-5H3. The minimum atomic E-state index is 0.372. The molecule has 0 aliphatic heterocycles. The van der Waals surface area contributed by atoms with Crippen LogP contribution >= 0.6 is 0 Å². The maximum Gasteiger partial charge on any atom is 0.119 e. The lowest BCUT2D eigenvalue weighted by Gasteiger charge is -2.28. The van der Waals surface area contributed by atoms with Gasteiger partial charge in [0.2, 0.25) is 0 Å². The third-order valence-electron chi connectivity index (χ3n) is 3.98. The van der Waals surface area contributed by atoms with Crippen LogP contribution in [0.15, 0.2) is 24.3 Å². The van der Waals surface area contributed by atoms with Crippen LogP contribution in [-0.2, 0) is 0 Å². The molecule has 1 aromatic carbocycles. The first kappa shape index (κ1) is 18.0. The van der Waals surface area contributed by atoms with Crippen molar-refractivity contribution < 1.29 is 4.74 Å². The summed E-state index contributed by atoms with van der Waals surface area (Å²) in [6.45, 7) is 5.50. The molecule has 0 radical (unpaired) electrons. The average Bonchev–Trinajstić information content (AvgIpc) is 2.47. The van der Waals surface area contributed by atoms with Gasteiger partial charge in [-0.25, -0.2) is 0 Å². The molecule has 3 nitrogen and oxygen atoms in total. The van der Waals surface area contributed by atoms with Crippen molar-refractivity contribution in [3.8, 4) is 5.75 Å². The summed E-state index contributed by atoms with van der Waals surface area (Å²) in [5, 5.41) is 3.76. The van der Waals surface area contributed by atoms with Gasteiger partial charge in [0.05, 0.1) is 7.11 Å². The maximum absolute atomic E-state index is 5.35. The fourth-order valence-electron chi connectivity index (χ4n) is 2.77. The van der Waals surface area contributed by atoms with E-state index in [0.717, 1.165) is 12.3 Å². The second-order valence-electron chi connectivity index (χ2n) is 5.94. The molecule has 1 rings (SSSR count). The number of rotatable bonds is 10. The first-order chi connectivity index (χ1) is 10.1. The van der Waals surface area contributed by atoms with Crippen molar-refractivity contribution in [2.45, 2.75) is 51.6 Å². The van der Waals surface area contributed by atoms with Gasteiger partial charge in [0.25, 0.3) is 0 Å². The summed E-state index contributed by atoms with van der Waals surface area (Å²) in [5.41, 5.74) is 1.30. The Balaban J connectivity index is 2.72. The van der Waals surface area contributed by atoms with Gasteiger partial charge in [0.1, 0.15) is 5.75 Å². The summed E-state index contributed by atoms with van der Waals surface area (Å²) in [6.07, 6.45) is 4.99. The normalized spacial score (nSPS) is 12.9. The third-order valence-corrected chi connectivity index (χ3v) is 3.98. The van der Waals surface area contributed by atoms with Gasteiger partial charge < -0.3 is 15.0 Å². The van der Waals surface area contributed by atoms with Crippen molar-refractivity contribution in [2.24, 2.45) is 0 Å². The highest BCUT2D eigenvalue weighted by Gasteiger charge is 2.16. The number of likely N-dealkylation sites (N-methyl/N-ethyl adjacent to an activating group) is 1. The first-order valence-corrected chi connectivity index (χ1v) is 8.16. The summed E-state index contributed by atoms with van der Waals surface area (Å²) in [4.78, 5) is 2.27. The topological polar surface area (TPSA) is 24.5 Å². The molecule has 1 atom stereocenters. The minimum absolute atomic E-state index is 0.372. The lowest BCUT2D eigenvalue weighted by Crippen LogP contribution is -2.37. The van der Waals surface area contributed by atoms with E-state index in [1.165, 1.54) is 31.2 Å². The van der Waals surface area contributed by atoms with Crippen molar-refractivity contribution in [3.05, 3.63) is 29.8 Å². The van der Waals surface area contributed by atoms with Gasteiger partial charge in [-0.2, -0.15) is 0 Å². The lowest BCUT2D eigenvalue weighted by molar-refractivity contribution is 0.273. The van der Waals surface area contributed by atoms with Crippen LogP contribution in [0.4, 0.5) is 0 Å². The van der Waals surface area contributed by atoms with Crippen LogP contribution in [0.5, 0.6) is 5.75 Å². The van der Waals surface area contributed by atoms with Gasteiger partial charge in [0, 0.05) is 18.6 Å². The molecule has 0 aromatic heterocycles. The maximum atomic E-state index is 5.35. The highest BCUT2D eigenvalue weighted by Crippen LogP contribution is 2.22. The minimum Gasteiger partial charge on any atom is -0.497 e. The van der Waals surface area contributed by atoms with E-state index >= 15 is 0 Å². The number of methoxy groups -OCH3 is 1. The summed E-state index contributed by atoms with van der Waals surface area (Å²) in [6, 6.07) is 9.40. The van der Waals surface area contributed by atoms with Gasteiger partial charge in [-0.1, -0.05) is 38.8 Å². The zero-order valence-electron chi connectivity index (χ0n) is 14.4. The molecule has 0 fully saturated rings. The number of hydrogen-bond donors (Lipinski definition) is 1. The Hall–Kier alpha value is -1.06. The molecule has 1 aromatic rings. The summed E-state index contributed by atoms with van der Waals surface area (Å²) in [7, 11) is 6.00. The van der Waals surface area contributed by atoms with Gasteiger partial charge in [0.15, 0.2) is 0 Å². The summed E-state index contributed by atoms with van der Waals surface area (Å²) >= 11 is 0. The zero-order chi connectivity index (χ0) is 15.7. The molecule has 21 heavy (non-hydrogen) atoms. The Kier molecular flexibility index (Phi) is 8.40. The Bertz CT molecular complexity index is 387. The second-order valence-corrected chi connectivity index (χ2v) is 5.94. The van der Waals surface area contributed by atoms with E-state index in [1.54, 1.807) is 7.11 Å². The Morgan fingerprint density at radius 1 is 1.14 bits per heavy atom. The number of benzene rings is 1. The zero-order valence-corrected chi connectivity index (χ0v) is 14.4. The van der Waals surface area contributed by atoms with E-state index in [1.807, 2.05) is 6.07 Å². The number of nitrogens with one attached hydrogen (secondary N) is 1. The third kappa shape index (κ3) is 6.06. The van der Waals surface area contributed by atoms with Crippen molar-refractivity contribution in [3.63, 3.8) is 0 Å². The van der Waals surface area contributed by atoms with E-state index in [-0.39, 0.29) is 0 Å². The predicted molar refractivity (Wildman–Crippen MR) is 91.0 cm³/mol. The molecular weight excluding hydrogens is 260 g/mol. The molecule has 1 unspecified atom stereocenters. The second kappa shape index (κ2) is 9.80. The predicted octanol–water partition coefficient (Wildman–Crippen LogP) is 3.86. The monoisotopic (exact) mass is 292 g/mol. The van der Waals surface area contributed by atoms with Crippen LogP contribution in [0.1, 0.15) is 51.1 Å². The van der Waals surface area contributed by atoms with Crippen LogP contribution in [0.25, 0.3) is 0 Å². The Morgan fingerprint density at radius 2 is 1.81 bits per heavy atom. The fraction of sp³-hybridized carbons (Fsp3) is 0.667. The van der Waals surface area contributed by atoms with Crippen molar-refractivity contribution in [2.75, 3.05) is 27.7 Å². The molecule has 0 aliphatic carbocycles. The van der Waals surface area contributed by atoms with E-state index < -0.39 is 0 Å². The molecule has 0 bridgehead atoms. The number of nitrogens with zero attached hydrogens (tertiary/aromatic N) is 1.